The Hall–Kier alpha value is -4.82. The summed E-state index contributed by atoms with van der Waals surface area (Å²) in [6.07, 6.45) is 4.03. The van der Waals surface area contributed by atoms with Crippen LogP contribution < -0.4 is 0 Å². The zero-order valence-electron chi connectivity index (χ0n) is 20.4. The summed E-state index contributed by atoms with van der Waals surface area (Å²) in [6, 6.07) is 37.2. The maximum atomic E-state index is 4.81. The normalized spacial score (nSPS) is 11.9. The van der Waals surface area contributed by atoms with Crippen molar-refractivity contribution < 1.29 is 0 Å². The minimum Gasteiger partial charge on any atom is -0.256 e. The van der Waals surface area contributed by atoms with Crippen molar-refractivity contribution in [2.75, 3.05) is 0 Å². The molecule has 2 aromatic heterocycles. The summed E-state index contributed by atoms with van der Waals surface area (Å²) < 4.78 is 0. The Labute approximate surface area is 214 Å². The van der Waals surface area contributed by atoms with E-state index in [4.69, 9.17) is 9.97 Å². The van der Waals surface area contributed by atoms with Gasteiger partial charge in [0.15, 0.2) is 0 Å². The topological polar surface area (TPSA) is 25.8 Å². The Balaban J connectivity index is 1.53. The molecule has 0 aliphatic carbocycles. The summed E-state index contributed by atoms with van der Waals surface area (Å²) in [4.78, 5) is 9.62. The molecule has 0 spiro atoms. The van der Waals surface area contributed by atoms with Crippen molar-refractivity contribution in [3.63, 3.8) is 0 Å². The minimum atomic E-state index is 1.01. The van der Waals surface area contributed by atoms with Crippen LogP contribution >= 0.6 is 0 Å². The van der Waals surface area contributed by atoms with Gasteiger partial charge in [-0.2, -0.15) is 0 Å². The molecule has 172 valence electrons. The molecule has 0 aliphatic heterocycles. The predicted octanol–water partition coefficient (Wildman–Crippen LogP) is 9.32. The van der Waals surface area contributed by atoms with Crippen LogP contribution in [0.25, 0.3) is 76.4 Å². The molecule has 0 aliphatic rings. The zero-order valence-corrected chi connectivity index (χ0v) is 20.4. The van der Waals surface area contributed by atoms with Crippen molar-refractivity contribution >= 4 is 54.1 Å². The predicted molar refractivity (Wildman–Crippen MR) is 156 cm³/mol. The Bertz CT molecular complexity index is 2010. The highest BCUT2D eigenvalue weighted by atomic mass is 14.7. The van der Waals surface area contributed by atoms with Crippen molar-refractivity contribution in [3.8, 4) is 22.3 Å². The van der Waals surface area contributed by atoms with E-state index in [2.05, 4.69) is 97.9 Å². The molecule has 2 nitrogen and oxygen atoms in total. The molecule has 0 bridgehead atoms. The van der Waals surface area contributed by atoms with Gasteiger partial charge in [0.2, 0.25) is 0 Å². The van der Waals surface area contributed by atoms with E-state index in [0.717, 1.165) is 32.9 Å². The standard InChI is InChI=1S/C35H22N2/c1-21-14-24-10-12-28-30(26-16-22-6-2-4-8-32(22)36-19-26)18-31(29-13-11-25(15-21)34(24)35(28)29)27-17-23-7-3-5-9-33(23)37-20-27/h2-20H,1H3. The lowest BCUT2D eigenvalue weighted by Crippen LogP contribution is -1.93. The number of para-hydroxylation sites is 2. The Kier molecular flexibility index (Phi) is 4.18. The van der Waals surface area contributed by atoms with Gasteiger partial charge in [-0.1, -0.05) is 72.8 Å². The lowest BCUT2D eigenvalue weighted by Gasteiger charge is -2.18. The molecule has 0 radical (unpaired) electrons. The van der Waals surface area contributed by atoms with Crippen LogP contribution in [0.15, 0.2) is 116 Å². The van der Waals surface area contributed by atoms with E-state index in [-0.39, 0.29) is 0 Å². The van der Waals surface area contributed by atoms with Gasteiger partial charge in [-0.25, -0.2) is 0 Å². The first-order valence-corrected chi connectivity index (χ1v) is 12.7. The highest BCUT2D eigenvalue weighted by molar-refractivity contribution is 6.28. The van der Waals surface area contributed by atoms with Crippen LogP contribution in [-0.2, 0) is 0 Å². The Morgan fingerprint density at radius 1 is 0.459 bits per heavy atom. The summed E-state index contributed by atoms with van der Waals surface area (Å²) in [5.74, 6) is 0. The SMILES string of the molecule is Cc1cc2ccc3c(-c4cnc5ccccc5c4)cc(-c4cnc5ccccc5c4)c4ccc(c1)c2c34. The smallest absolute Gasteiger partial charge is 0.0702 e. The average Bonchev–Trinajstić information content (AvgIpc) is 2.94. The third kappa shape index (κ3) is 3.06. The fourth-order valence-corrected chi connectivity index (χ4v) is 5.99. The van der Waals surface area contributed by atoms with Crippen molar-refractivity contribution in [1.82, 2.24) is 9.97 Å². The van der Waals surface area contributed by atoms with E-state index in [9.17, 15) is 0 Å². The van der Waals surface area contributed by atoms with Crippen molar-refractivity contribution in [1.29, 1.82) is 0 Å². The fraction of sp³-hybridized carbons (Fsp3) is 0.0286. The van der Waals surface area contributed by atoms with Crippen LogP contribution in [0.5, 0.6) is 0 Å². The van der Waals surface area contributed by atoms with Crippen LogP contribution in [0.1, 0.15) is 5.56 Å². The van der Waals surface area contributed by atoms with Gasteiger partial charge in [-0.3, -0.25) is 9.97 Å². The van der Waals surface area contributed by atoms with Gasteiger partial charge in [-0.05, 0) is 86.3 Å². The van der Waals surface area contributed by atoms with E-state index < -0.39 is 0 Å². The third-order valence-corrected chi connectivity index (χ3v) is 7.66. The second-order valence-corrected chi connectivity index (χ2v) is 9.99. The van der Waals surface area contributed by atoms with Gasteiger partial charge in [0.05, 0.1) is 11.0 Å². The first-order valence-electron chi connectivity index (χ1n) is 12.7. The molecule has 8 rings (SSSR count). The first kappa shape index (κ1) is 20.4. The summed E-state index contributed by atoms with van der Waals surface area (Å²) in [5, 5.41) is 10.0. The van der Waals surface area contributed by atoms with Gasteiger partial charge >= 0.3 is 0 Å². The number of pyridine rings is 2. The molecule has 37 heavy (non-hydrogen) atoms. The molecule has 6 aromatic carbocycles. The number of fused-ring (bicyclic) bond motifs is 2. The molecule has 0 amide bonds. The highest BCUT2D eigenvalue weighted by Gasteiger charge is 2.17. The van der Waals surface area contributed by atoms with Crippen LogP contribution in [0.2, 0.25) is 0 Å². The van der Waals surface area contributed by atoms with Crippen molar-refractivity contribution in [3.05, 3.63) is 121 Å². The van der Waals surface area contributed by atoms with Gasteiger partial charge in [0, 0.05) is 34.3 Å². The quantitative estimate of drug-likeness (QED) is 0.235. The largest absolute Gasteiger partial charge is 0.256 e. The molecule has 2 heterocycles. The molecule has 0 saturated heterocycles. The van der Waals surface area contributed by atoms with Crippen molar-refractivity contribution in [2.45, 2.75) is 6.92 Å². The molecule has 0 N–H and O–H groups in total. The molecule has 8 aromatic rings. The Morgan fingerprint density at radius 2 is 0.973 bits per heavy atom. The number of hydrogen-bond acceptors (Lipinski definition) is 2. The highest BCUT2D eigenvalue weighted by Crippen LogP contribution is 2.44. The molecule has 0 unspecified atom stereocenters. The summed E-state index contributed by atoms with van der Waals surface area (Å²) in [5.41, 5.74) is 7.96. The fourth-order valence-electron chi connectivity index (χ4n) is 5.99. The lowest BCUT2D eigenvalue weighted by molar-refractivity contribution is 1.41. The second kappa shape index (κ2) is 7.59. The zero-order chi connectivity index (χ0) is 24.5. The van der Waals surface area contributed by atoms with Crippen LogP contribution in [0.3, 0.4) is 0 Å². The molecule has 0 fully saturated rings. The number of aryl methyl sites for hydroxylation is 1. The maximum Gasteiger partial charge on any atom is 0.0702 e. The lowest BCUT2D eigenvalue weighted by atomic mass is 9.85. The first-order chi connectivity index (χ1) is 18.2. The van der Waals surface area contributed by atoms with Gasteiger partial charge < -0.3 is 0 Å². The van der Waals surface area contributed by atoms with Crippen LogP contribution in [-0.4, -0.2) is 9.97 Å². The van der Waals surface area contributed by atoms with Crippen LogP contribution in [0, 0.1) is 6.92 Å². The molecular weight excluding hydrogens is 448 g/mol. The minimum absolute atomic E-state index is 1.01. The van der Waals surface area contributed by atoms with Crippen molar-refractivity contribution in [2.24, 2.45) is 0 Å². The Morgan fingerprint density at radius 3 is 1.51 bits per heavy atom. The third-order valence-electron chi connectivity index (χ3n) is 7.66. The summed E-state index contributed by atoms with van der Waals surface area (Å²) in [6.45, 7) is 2.17. The monoisotopic (exact) mass is 470 g/mol. The van der Waals surface area contributed by atoms with Gasteiger partial charge in [-0.15, -0.1) is 0 Å². The number of aromatic nitrogens is 2. The number of rotatable bonds is 2. The number of hydrogen-bond donors (Lipinski definition) is 0. The van der Waals surface area contributed by atoms with E-state index in [1.807, 2.05) is 24.5 Å². The molecule has 0 saturated carbocycles. The summed E-state index contributed by atoms with van der Waals surface area (Å²) >= 11 is 0. The molecular formula is C35H22N2. The summed E-state index contributed by atoms with van der Waals surface area (Å²) in [7, 11) is 0. The molecule has 2 heteroatoms. The van der Waals surface area contributed by atoms with E-state index in [1.165, 1.54) is 49.0 Å². The van der Waals surface area contributed by atoms with Gasteiger partial charge in [0.1, 0.15) is 0 Å². The number of nitrogens with zero attached hydrogens (tertiary/aromatic N) is 2. The van der Waals surface area contributed by atoms with Crippen LogP contribution in [0.4, 0.5) is 0 Å². The second-order valence-electron chi connectivity index (χ2n) is 9.99. The average molecular weight is 471 g/mol. The number of benzene rings is 6. The molecule has 0 atom stereocenters. The van der Waals surface area contributed by atoms with E-state index >= 15 is 0 Å². The van der Waals surface area contributed by atoms with Gasteiger partial charge in [0.25, 0.3) is 0 Å². The van der Waals surface area contributed by atoms with E-state index in [0.29, 0.717) is 0 Å². The van der Waals surface area contributed by atoms with E-state index in [1.54, 1.807) is 0 Å². The maximum absolute atomic E-state index is 4.81.